The summed E-state index contributed by atoms with van der Waals surface area (Å²) in [6.07, 6.45) is -0.392. The second-order valence-corrected chi connectivity index (χ2v) is 5.90. The molecule has 2 aromatic heterocycles. The third kappa shape index (κ3) is 3.87. The van der Waals surface area contributed by atoms with E-state index in [0.717, 1.165) is 23.4 Å². The molecule has 8 heteroatoms. The number of alkyl halides is 3. The summed E-state index contributed by atoms with van der Waals surface area (Å²) in [5.41, 5.74) is 1.02. The molecule has 5 nitrogen and oxygen atoms in total. The molecule has 0 aliphatic heterocycles. The summed E-state index contributed by atoms with van der Waals surface area (Å²) >= 11 is 0. The Hall–Kier alpha value is -3.47. The Kier molecular flexibility index (Phi) is 4.77. The Bertz CT molecular complexity index is 999. The van der Waals surface area contributed by atoms with Crippen molar-refractivity contribution in [3.63, 3.8) is 0 Å². The molecule has 3 rings (SSSR count). The molecule has 0 amide bonds. The van der Waals surface area contributed by atoms with Gasteiger partial charge in [0.05, 0.1) is 29.2 Å². The van der Waals surface area contributed by atoms with Crippen molar-refractivity contribution >= 4 is 5.78 Å². The number of hydrogen-bond donors (Lipinski definition) is 0. The fourth-order valence-electron chi connectivity index (χ4n) is 2.50. The first kappa shape index (κ1) is 18.3. The van der Waals surface area contributed by atoms with Crippen molar-refractivity contribution in [3.05, 3.63) is 77.4 Å². The van der Waals surface area contributed by atoms with Gasteiger partial charge in [-0.25, -0.2) is 4.68 Å². The summed E-state index contributed by atoms with van der Waals surface area (Å²) in [6, 6.07) is 10.1. The number of ketones is 1. The predicted octanol–water partition coefficient (Wildman–Crippen LogP) is 4.08. The maximum absolute atomic E-state index is 12.6. The molecular formula is C19H13F3N4O. The molecule has 0 spiro atoms. The van der Waals surface area contributed by atoms with E-state index in [1.807, 2.05) is 19.2 Å². The molecule has 0 unspecified atom stereocenters. The van der Waals surface area contributed by atoms with Crippen LogP contribution in [0.1, 0.15) is 33.1 Å². The number of nitriles is 1. The molecule has 0 aliphatic rings. The molecule has 0 saturated carbocycles. The van der Waals surface area contributed by atoms with E-state index in [1.54, 1.807) is 35.1 Å². The highest BCUT2D eigenvalue weighted by atomic mass is 19.4. The number of halogens is 3. The van der Waals surface area contributed by atoms with Crippen LogP contribution in [0.25, 0.3) is 5.69 Å². The average molecular weight is 370 g/mol. The van der Waals surface area contributed by atoms with Gasteiger partial charge in [-0.15, -0.1) is 0 Å². The van der Waals surface area contributed by atoms with Crippen LogP contribution < -0.4 is 0 Å². The molecule has 0 aliphatic carbocycles. The van der Waals surface area contributed by atoms with Crippen LogP contribution >= 0.6 is 0 Å². The van der Waals surface area contributed by atoms with Gasteiger partial charge in [-0.3, -0.25) is 9.78 Å². The summed E-state index contributed by atoms with van der Waals surface area (Å²) in [5, 5.41) is 13.5. The average Bonchev–Trinajstić information content (AvgIpc) is 3.08. The Labute approximate surface area is 152 Å². The van der Waals surface area contributed by atoms with Gasteiger partial charge in [0.2, 0.25) is 0 Å². The number of rotatable bonds is 4. The van der Waals surface area contributed by atoms with E-state index in [4.69, 9.17) is 0 Å². The van der Waals surface area contributed by atoms with Crippen LogP contribution in [0.3, 0.4) is 0 Å². The van der Waals surface area contributed by atoms with Crippen molar-refractivity contribution in [1.82, 2.24) is 14.8 Å². The fourth-order valence-corrected chi connectivity index (χ4v) is 2.50. The normalized spacial score (nSPS) is 12.4. The van der Waals surface area contributed by atoms with Gasteiger partial charge in [0, 0.05) is 18.0 Å². The van der Waals surface area contributed by atoms with Gasteiger partial charge in [0.25, 0.3) is 0 Å². The summed E-state index contributed by atoms with van der Waals surface area (Å²) in [5.74, 6) is -1.82. The number of nitrogens with zero attached hydrogens (tertiary/aromatic N) is 4. The van der Waals surface area contributed by atoms with Crippen molar-refractivity contribution in [2.45, 2.75) is 19.0 Å². The highest BCUT2D eigenvalue weighted by Crippen LogP contribution is 2.29. The minimum atomic E-state index is -4.53. The first-order valence-electron chi connectivity index (χ1n) is 7.88. The van der Waals surface area contributed by atoms with Crippen molar-refractivity contribution in [3.8, 4) is 11.8 Å². The lowest BCUT2D eigenvalue weighted by molar-refractivity contribution is -0.137. The lowest BCUT2D eigenvalue weighted by Gasteiger charge is -2.10. The molecule has 27 heavy (non-hydrogen) atoms. The number of hydrogen-bond acceptors (Lipinski definition) is 4. The molecule has 3 aromatic rings. The number of Topliss-reactive ketones (excluding diaryl/α,β-unsaturated/α-hetero) is 1. The van der Waals surface area contributed by atoms with E-state index in [1.165, 1.54) is 0 Å². The summed E-state index contributed by atoms with van der Waals surface area (Å²) < 4.78 is 39.5. The van der Waals surface area contributed by atoms with E-state index in [9.17, 15) is 23.2 Å². The van der Waals surface area contributed by atoms with Crippen molar-refractivity contribution in [2.24, 2.45) is 0 Å². The third-order valence-electron chi connectivity index (χ3n) is 3.93. The van der Waals surface area contributed by atoms with Gasteiger partial charge >= 0.3 is 6.18 Å². The standard InChI is InChI=1S/C19H13F3N4O/c1-12-9-25-26(11-12)15-5-2-13(3-6-15)18(27)16(8-23)17-7-4-14(10-24-17)19(20,21)22/h2-7,9-11,16H,1H3/t16-/m0/s1. The van der Waals surface area contributed by atoms with Crippen LogP contribution in [-0.2, 0) is 6.18 Å². The summed E-state index contributed by atoms with van der Waals surface area (Å²) in [4.78, 5) is 16.3. The van der Waals surface area contributed by atoms with E-state index in [0.29, 0.717) is 6.20 Å². The van der Waals surface area contributed by atoms with Gasteiger partial charge in [-0.2, -0.15) is 23.5 Å². The van der Waals surface area contributed by atoms with Gasteiger partial charge in [0.15, 0.2) is 11.7 Å². The molecule has 0 fully saturated rings. The second-order valence-electron chi connectivity index (χ2n) is 5.90. The van der Waals surface area contributed by atoms with E-state index in [-0.39, 0.29) is 11.3 Å². The Morgan fingerprint density at radius 3 is 2.33 bits per heavy atom. The van der Waals surface area contributed by atoms with Crippen molar-refractivity contribution in [1.29, 1.82) is 5.26 Å². The quantitative estimate of drug-likeness (QED) is 0.649. The van der Waals surface area contributed by atoms with Crippen LogP contribution in [0.15, 0.2) is 55.0 Å². The minimum absolute atomic E-state index is 0.0257. The molecule has 1 atom stereocenters. The van der Waals surface area contributed by atoms with E-state index < -0.39 is 23.4 Å². The molecule has 136 valence electrons. The number of benzene rings is 1. The number of carbonyl (C=O) groups excluding carboxylic acids is 1. The van der Waals surface area contributed by atoms with E-state index in [2.05, 4.69) is 10.1 Å². The number of pyridine rings is 1. The highest BCUT2D eigenvalue weighted by molar-refractivity contribution is 6.02. The minimum Gasteiger partial charge on any atom is -0.292 e. The molecular weight excluding hydrogens is 357 g/mol. The monoisotopic (exact) mass is 370 g/mol. The van der Waals surface area contributed by atoms with Gasteiger partial charge < -0.3 is 0 Å². The van der Waals surface area contributed by atoms with Crippen LogP contribution in [0.4, 0.5) is 13.2 Å². The zero-order chi connectivity index (χ0) is 19.6. The third-order valence-corrected chi connectivity index (χ3v) is 3.93. The maximum atomic E-state index is 12.6. The van der Waals surface area contributed by atoms with Gasteiger partial charge in [-0.1, -0.05) is 0 Å². The van der Waals surface area contributed by atoms with E-state index >= 15 is 0 Å². The largest absolute Gasteiger partial charge is 0.417 e. The molecule has 1 aromatic carbocycles. The van der Waals surface area contributed by atoms with Gasteiger partial charge in [0.1, 0.15) is 0 Å². The Morgan fingerprint density at radius 1 is 1.15 bits per heavy atom. The van der Waals surface area contributed by atoms with Crippen LogP contribution in [0.5, 0.6) is 0 Å². The predicted molar refractivity (Wildman–Crippen MR) is 90.2 cm³/mol. The fraction of sp³-hybridized carbons (Fsp3) is 0.158. The van der Waals surface area contributed by atoms with Gasteiger partial charge in [-0.05, 0) is 48.9 Å². The van der Waals surface area contributed by atoms with Crippen LogP contribution in [0.2, 0.25) is 0 Å². The lowest BCUT2D eigenvalue weighted by atomic mass is 9.95. The lowest BCUT2D eigenvalue weighted by Crippen LogP contribution is -2.14. The van der Waals surface area contributed by atoms with Crippen LogP contribution in [0, 0.1) is 18.3 Å². The maximum Gasteiger partial charge on any atom is 0.417 e. The smallest absolute Gasteiger partial charge is 0.292 e. The SMILES string of the molecule is Cc1cnn(-c2ccc(C(=O)[C@@H](C#N)c3ccc(C(F)(F)F)cn3)cc2)c1. The van der Waals surface area contributed by atoms with Crippen molar-refractivity contribution in [2.75, 3.05) is 0 Å². The molecule has 0 bridgehead atoms. The molecule has 0 saturated heterocycles. The zero-order valence-electron chi connectivity index (χ0n) is 14.1. The number of aromatic nitrogens is 3. The number of aryl methyl sites for hydroxylation is 1. The molecule has 2 heterocycles. The number of carbonyl (C=O) groups is 1. The molecule has 0 radical (unpaired) electrons. The van der Waals surface area contributed by atoms with Crippen molar-refractivity contribution < 1.29 is 18.0 Å². The highest BCUT2D eigenvalue weighted by Gasteiger charge is 2.31. The first-order valence-corrected chi connectivity index (χ1v) is 7.88. The molecule has 0 N–H and O–H groups in total. The zero-order valence-corrected chi connectivity index (χ0v) is 14.1. The van der Waals surface area contributed by atoms with Crippen LogP contribution in [-0.4, -0.2) is 20.5 Å². The Balaban J connectivity index is 1.84. The first-order chi connectivity index (χ1) is 12.8. The topological polar surface area (TPSA) is 71.6 Å². The summed E-state index contributed by atoms with van der Waals surface area (Å²) in [7, 11) is 0. The second kappa shape index (κ2) is 7.03. The summed E-state index contributed by atoms with van der Waals surface area (Å²) in [6.45, 7) is 1.90. The Morgan fingerprint density at radius 2 is 1.85 bits per heavy atom.